The van der Waals surface area contributed by atoms with Crippen molar-refractivity contribution >= 4 is 10.9 Å². The summed E-state index contributed by atoms with van der Waals surface area (Å²) in [5.41, 5.74) is 0.999. The van der Waals surface area contributed by atoms with Crippen LogP contribution in [0.5, 0.6) is 5.75 Å². The molecule has 1 heterocycles. The van der Waals surface area contributed by atoms with E-state index in [9.17, 15) is 0 Å². The van der Waals surface area contributed by atoms with Crippen molar-refractivity contribution in [1.29, 1.82) is 0 Å². The Labute approximate surface area is 126 Å². The fraction of sp³-hybridized carbons (Fsp3) is 0.500. The van der Waals surface area contributed by atoms with Crippen molar-refractivity contribution in [3.63, 3.8) is 0 Å². The molecule has 112 valence electrons. The molecular weight excluding hydrogens is 260 g/mol. The third kappa shape index (κ3) is 3.35. The standard InChI is InChI=1S/C18H24N2O/c1-3-19-16-9-6-13(2)11-18(16)21-15-8-7-14-5-4-10-20-17(14)12-15/h4-5,7-8,10,12-13,16,18-19H,3,6,9,11H2,1-2H3. The highest BCUT2D eigenvalue weighted by Gasteiger charge is 2.29. The first-order valence-corrected chi connectivity index (χ1v) is 8.01. The van der Waals surface area contributed by atoms with E-state index in [1.54, 1.807) is 0 Å². The highest BCUT2D eigenvalue weighted by Crippen LogP contribution is 2.29. The first-order chi connectivity index (χ1) is 10.3. The zero-order valence-electron chi connectivity index (χ0n) is 12.9. The molecule has 2 aromatic rings. The minimum absolute atomic E-state index is 0.259. The predicted octanol–water partition coefficient (Wildman–Crippen LogP) is 3.78. The molecule has 1 aromatic carbocycles. The van der Waals surface area contributed by atoms with Gasteiger partial charge in [-0.3, -0.25) is 4.98 Å². The molecule has 0 aliphatic heterocycles. The second-order valence-electron chi connectivity index (χ2n) is 6.10. The summed E-state index contributed by atoms with van der Waals surface area (Å²) in [7, 11) is 0. The smallest absolute Gasteiger partial charge is 0.122 e. The van der Waals surface area contributed by atoms with Gasteiger partial charge in [0.05, 0.1) is 5.52 Å². The van der Waals surface area contributed by atoms with Gasteiger partial charge >= 0.3 is 0 Å². The number of benzene rings is 1. The van der Waals surface area contributed by atoms with Crippen LogP contribution in [-0.4, -0.2) is 23.7 Å². The minimum atomic E-state index is 0.259. The monoisotopic (exact) mass is 284 g/mol. The molecule has 1 aromatic heterocycles. The Bertz CT molecular complexity index is 599. The van der Waals surface area contributed by atoms with Crippen molar-refractivity contribution in [2.75, 3.05) is 6.54 Å². The van der Waals surface area contributed by atoms with Crippen LogP contribution in [-0.2, 0) is 0 Å². The molecule has 0 amide bonds. The maximum Gasteiger partial charge on any atom is 0.122 e. The molecule has 0 saturated heterocycles. The molecule has 0 spiro atoms. The van der Waals surface area contributed by atoms with E-state index < -0.39 is 0 Å². The molecule has 1 aliphatic rings. The lowest BCUT2D eigenvalue weighted by Gasteiger charge is -2.35. The number of nitrogens with one attached hydrogen (secondary N) is 1. The van der Waals surface area contributed by atoms with Crippen molar-refractivity contribution in [2.24, 2.45) is 5.92 Å². The van der Waals surface area contributed by atoms with Crippen LogP contribution in [0.25, 0.3) is 10.9 Å². The molecule has 3 rings (SSSR count). The zero-order valence-corrected chi connectivity index (χ0v) is 12.9. The van der Waals surface area contributed by atoms with E-state index in [1.165, 1.54) is 12.8 Å². The molecule has 1 N–H and O–H groups in total. The number of hydrogen-bond donors (Lipinski definition) is 1. The topological polar surface area (TPSA) is 34.1 Å². The number of pyridine rings is 1. The third-order valence-electron chi connectivity index (χ3n) is 4.39. The average Bonchev–Trinajstić information content (AvgIpc) is 2.50. The minimum Gasteiger partial charge on any atom is -0.489 e. The summed E-state index contributed by atoms with van der Waals surface area (Å²) in [5, 5.41) is 4.73. The van der Waals surface area contributed by atoms with Gasteiger partial charge in [0, 0.05) is 23.7 Å². The fourth-order valence-electron chi connectivity index (χ4n) is 3.25. The van der Waals surface area contributed by atoms with Crippen LogP contribution >= 0.6 is 0 Å². The first kappa shape index (κ1) is 14.3. The molecule has 0 bridgehead atoms. The van der Waals surface area contributed by atoms with Gasteiger partial charge in [0.2, 0.25) is 0 Å². The Morgan fingerprint density at radius 2 is 2.19 bits per heavy atom. The van der Waals surface area contributed by atoms with Gasteiger partial charge in [-0.05, 0) is 49.9 Å². The van der Waals surface area contributed by atoms with Gasteiger partial charge in [-0.15, -0.1) is 0 Å². The van der Waals surface area contributed by atoms with Crippen molar-refractivity contribution in [3.05, 3.63) is 36.5 Å². The zero-order chi connectivity index (χ0) is 14.7. The molecule has 3 heteroatoms. The first-order valence-electron chi connectivity index (χ1n) is 8.01. The Balaban J connectivity index is 1.78. The number of likely N-dealkylation sites (N-methyl/N-ethyl adjacent to an activating group) is 1. The lowest BCUT2D eigenvalue weighted by molar-refractivity contribution is 0.0917. The number of rotatable bonds is 4. The quantitative estimate of drug-likeness (QED) is 0.927. The van der Waals surface area contributed by atoms with Crippen LogP contribution in [0.1, 0.15) is 33.1 Å². The van der Waals surface area contributed by atoms with Crippen LogP contribution < -0.4 is 10.1 Å². The Hall–Kier alpha value is -1.61. The average molecular weight is 284 g/mol. The van der Waals surface area contributed by atoms with Gasteiger partial charge in [-0.25, -0.2) is 0 Å². The Morgan fingerprint density at radius 3 is 3.05 bits per heavy atom. The molecule has 3 atom stereocenters. The van der Waals surface area contributed by atoms with E-state index in [1.807, 2.05) is 12.3 Å². The predicted molar refractivity (Wildman–Crippen MR) is 86.6 cm³/mol. The van der Waals surface area contributed by atoms with Crippen molar-refractivity contribution < 1.29 is 4.74 Å². The molecule has 3 unspecified atom stereocenters. The van der Waals surface area contributed by atoms with Crippen molar-refractivity contribution in [2.45, 2.75) is 45.3 Å². The Kier molecular flexibility index (Phi) is 4.39. The maximum atomic E-state index is 6.30. The molecular formula is C18H24N2O. The maximum absolute atomic E-state index is 6.30. The number of hydrogen-bond acceptors (Lipinski definition) is 3. The molecule has 1 saturated carbocycles. The summed E-state index contributed by atoms with van der Waals surface area (Å²) in [6, 6.07) is 10.7. The van der Waals surface area contributed by atoms with Gasteiger partial charge in [0.15, 0.2) is 0 Å². The summed E-state index contributed by atoms with van der Waals surface area (Å²) >= 11 is 0. The van der Waals surface area contributed by atoms with Gasteiger partial charge in [-0.1, -0.05) is 19.9 Å². The van der Waals surface area contributed by atoms with Crippen molar-refractivity contribution in [1.82, 2.24) is 10.3 Å². The van der Waals surface area contributed by atoms with E-state index >= 15 is 0 Å². The van der Waals surface area contributed by atoms with Crippen LogP contribution in [0.4, 0.5) is 0 Å². The second kappa shape index (κ2) is 6.44. The van der Waals surface area contributed by atoms with Crippen molar-refractivity contribution in [3.8, 4) is 5.75 Å². The number of fused-ring (bicyclic) bond motifs is 1. The van der Waals surface area contributed by atoms with E-state index in [2.05, 4.69) is 48.4 Å². The third-order valence-corrected chi connectivity index (χ3v) is 4.39. The lowest BCUT2D eigenvalue weighted by atomic mass is 9.85. The van der Waals surface area contributed by atoms with Crippen LogP contribution in [0, 0.1) is 5.92 Å². The normalized spacial score (nSPS) is 25.9. The van der Waals surface area contributed by atoms with Gasteiger partial charge < -0.3 is 10.1 Å². The van der Waals surface area contributed by atoms with Crippen LogP contribution in [0.3, 0.4) is 0 Å². The molecule has 1 aliphatic carbocycles. The lowest BCUT2D eigenvalue weighted by Crippen LogP contribution is -2.46. The van der Waals surface area contributed by atoms with Gasteiger partial charge in [0.1, 0.15) is 11.9 Å². The van der Waals surface area contributed by atoms with Gasteiger partial charge in [-0.2, -0.15) is 0 Å². The van der Waals surface area contributed by atoms with E-state index in [4.69, 9.17) is 4.74 Å². The van der Waals surface area contributed by atoms with Crippen LogP contribution in [0.15, 0.2) is 36.5 Å². The van der Waals surface area contributed by atoms with E-state index in [0.717, 1.165) is 35.5 Å². The van der Waals surface area contributed by atoms with E-state index in [-0.39, 0.29) is 6.10 Å². The highest BCUT2D eigenvalue weighted by atomic mass is 16.5. The summed E-state index contributed by atoms with van der Waals surface area (Å²) in [5.74, 6) is 1.67. The molecule has 0 radical (unpaired) electrons. The fourth-order valence-corrected chi connectivity index (χ4v) is 3.25. The number of aromatic nitrogens is 1. The largest absolute Gasteiger partial charge is 0.489 e. The van der Waals surface area contributed by atoms with E-state index in [0.29, 0.717) is 6.04 Å². The summed E-state index contributed by atoms with van der Waals surface area (Å²) in [4.78, 5) is 4.41. The summed E-state index contributed by atoms with van der Waals surface area (Å²) < 4.78 is 6.30. The van der Waals surface area contributed by atoms with Gasteiger partial charge in [0.25, 0.3) is 0 Å². The SMILES string of the molecule is CCNC1CCC(C)CC1Oc1ccc2cccnc2c1. The highest BCUT2D eigenvalue weighted by molar-refractivity contribution is 5.79. The van der Waals surface area contributed by atoms with Crippen LogP contribution in [0.2, 0.25) is 0 Å². The Morgan fingerprint density at radius 1 is 1.29 bits per heavy atom. The molecule has 1 fully saturated rings. The second-order valence-corrected chi connectivity index (χ2v) is 6.10. The number of ether oxygens (including phenoxy) is 1. The number of nitrogens with zero attached hydrogens (tertiary/aromatic N) is 1. The summed E-state index contributed by atoms with van der Waals surface area (Å²) in [6.45, 7) is 5.48. The molecule has 3 nitrogen and oxygen atoms in total. The molecule has 21 heavy (non-hydrogen) atoms. The summed E-state index contributed by atoms with van der Waals surface area (Å²) in [6.07, 6.45) is 5.70.